The Labute approximate surface area is 77.8 Å². The van der Waals surface area contributed by atoms with Crippen LogP contribution < -0.4 is 5.32 Å². The number of hydrogen-bond donors (Lipinski definition) is 1. The molecule has 0 bridgehead atoms. The molecule has 1 aromatic rings. The van der Waals surface area contributed by atoms with E-state index < -0.39 is 0 Å². The maximum absolute atomic E-state index is 3.33. The summed E-state index contributed by atoms with van der Waals surface area (Å²) in [7, 11) is 0. The fraction of sp³-hybridized carbons (Fsp3) is 0.400. The van der Waals surface area contributed by atoms with Crippen LogP contribution in [0.15, 0.2) is 17.5 Å². The summed E-state index contributed by atoms with van der Waals surface area (Å²) in [6.07, 6.45) is 0.946. The minimum atomic E-state index is 0.946. The van der Waals surface area contributed by atoms with Gasteiger partial charge < -0.3 is 5.32 Å². The summed E-state index contributed by atoms with van der Waals surface area (Å²) in [5.74, 6) is 5.89. The summed E-state index contributed by atoms with van der Waals surface area (Å²) in [5.41, 5.74) is 0. The van der Waals surface area contributed by atoms with Gasteiger partial charge in [-0.05, 0) is 18.4 Å². The highest BCUT2D eigenvalue weighted by molar-refractivity contribution is 7.09. The van der Waals surface area contributed by atoms with Crippen LogP contribution in [0.4, 0.5) is 0 Å². The van der Waals surface area contributed by atoms with Crippen LogP contribution >= 0.6 is 11.3 Å². The number of rotatable bonds is 4. The molecule has 1 aromatic heterocycles. The van der Waals surface area contributed by atoms with Gasteiger partial charge >= 0.3 is 0 Å². The Morgan fingerprint density at radius 1 is 1.58 bits per heavy atom. The van der Waals surface area contributed by atoms with Crippen LogP contribution in [0.5, 0.6) is 0 Å². The second-order valence-electron chi connectivity index (χ2n) is 2.43. The Kier molecular flexibility index (Phi) is 4.51. The molecule has 2 heteroatoms. The number of thiophene rings is 1. The molecule has 0 aliphatic rings. The van der Waals surface area contributed by atoms with Gasteiger partial charge in [0.2, 0.25) is 0 Å². The second kappa shape index (κ2) is 5.82. The largest absolute Gasteiger partial charge is 0.311 e. The van der Waals surface area contributed by atoms with E-state index >= 15 is 0 Å². The average Bonchev–Trinajstić information content (AvgIpc) is 2.57. The predicted molar refractivity (Wildman–Crippen MR) is 54.1 cm³/mol. The van der Waals surface area contributed by atoms with Crippen LogP contribution in [0.25, 0.3) is 0 Å². The molecule has 0 aliphatic heterocycles. The Balaban J connectivity index is 2.06. The molecule has 1 nitrogen and oxygen atoms in total. The summed E-state index contributed by atoms with van der Waals surface area (Å²) in [4.78, 5) is 1.39. The van der Waals surface area contributed by atoms with Gasteiger partial charge in [-0.1, -0.05) is 6.07 Å². The summed E-state index contributed by atoms with van der Waals surface area (Å²) in [6.45, 7) is 3.83. The lowest BCUT2D eigenvalue weighted by atomic mass is 10.4. The Morgan fingerprint density at radius 3 is 3.17 bits per heavy atom. The molecule has 1 N–H and O–H groups in total. The SMILES string of the molecule is CC#CCCNCc1cccs1. The third kappa shape index (κ3) is 3.56. The summed E-state index contributed by atoms with van der Waals surface area (Å²) in [5, 5.41) is 5.43. The van der Waals surface area contributed by atoms with E-state index in [1.807, 2.05) is 6.92 Å². The first kappa shape index (κ1) is 9.31. The van der Waals surface area contributed by atoms with Gasteiger partial charge in [-0.15, -0.1) is 23.2 Å². The fourth-order valence-corrected chi connectivity index (χ4v) is 1.58. The maximum atomic E-state index is 3.33. The van der Waals surface area contributed by atoms with Gasteiger partial charge in [-0.3, -0.25) is 0 Å². The van der Waals surface area contributed by atoms with Crippen molar-refractivity contribution in [2.24, 2.45) is 0 Å². The highest BCUT2D eigenvalue weighted by Gasteiger charge is 1.90. The quantitative estimate of drug-likeness (QED) is 0.552. The van der Waals surface area contributed by atoms with Gasteiger partial charge in [0.1, 0.15) is 0 Å². The van der Waals surface area contributed by atoms with Crippen LogP contribution in [0.2, 0.25) is 0 Å². The fourth-order valence-electron chi connectivity index (χ4n) is 0.901. The van der Waals surface area contributed by atoms with E-state index in [1.165, 1.54) is 4.88 Å². The summed E-state index contributed by atoms with van der Waals surface area (Å²) >= 11 is 1.79. The number of hydrogen-bond acceptors (Lipinski definition) is 2. The van der Waals surface area contributed by atoms with Crippen molar-refractivity contribution in [1.82, 2.24) is 5.32 Å². The molecule has 1 heterocycles. The smallest absolute Gasteiger partial charge is 0.0300 e. The minimum absolute atomic E-state index is 0.946. The van der Waals surface area contributed by atoms with Crippen LogP contribution in [0, 0.1) is 11.8 Å². The maximum Gasteiger partial charge on any atom is 0.0300 e. The molecule has 0 amide bonds. The van der Waals surface area contributed by atoms with Crippen molar-refractivity contribution in [3.8, 4) is 11.8 Å². The topological polar surface area (TPSA) is 12.0 Å². The normalized spacial score (nSPS) is 9.08. The molecular formula is C10H13NS. The first-order chi connectivity index (χ1) is 5.93. The molecule has 0 fully saturated rings. The zero-order valence-electron chi connectivity index (χ0n) is 7.26. The molecule has 12 heavy (non-hydrogen) atoms. The molecule has 64 valence electrons. The van der Waals surface area contributed by atoms with Gasteiger partial charge in [-0.25, -0.2) is 0 Å². The van der Waals surface area contributed by atoms with Crippen molar-refractivity contribution in [2.75, 3.05) is 6.54 Å². The molecule has 0 spiro atoms. The standard InChI is InChI=1S/C10H13NS/c1-2-3-4-7-11-9-10-6-5-8-12-10/h5-6,8,11H,4,7,9H2,1H3. The molecule has 0 saturated heterocycles. The molecule has 0 saturated carbocycles. The van der Waals surface area contributed by atoms with Gasteiger partial charge in [0.15, 0.2) is 0 Å². The van der Waals surface area contributed by atoms with Crippen molar-refractivity contribution in [3.05, 3.63) is 22.4 Å². The van der Waals surface area contributed by atoms with Crippen LogP contribution in [0.1, 0.15) is 18.2 Å². The first-order valence-electron chi connectivity index (χ1n) is 4.06. The molecular weight excluding hydrogens is 166 g/mol. The van der Waals surface area contributed by atoms with Gasteiger partial charge in [0, 0.05) is 24.4 Å². The van der Waals surface area contributed by atoms with E-state index in [4.69, 9.17) is 0 Å². The predicted octanol–water partition coefficient (Wildman–Crippen LogP) is 2.25. The van der Waals surface area contributed by atoms with Gasteiger partial charge in [0.25, 0.3) is 0 Å². The Hall–Kier alpha value is -0.780. The van der Waals surface area contributed by atoms with Gasteiger partial charge in [-0.2, -0.15) is 0 Å². The highest BCUT2D eigenvalue weighted by atomic mass is 32.1. The molecule has 1 rings (SSSR count). The number of nitrogens with one attached hydrogen (secondary N) is 1. The van der Waals surface area contributed by atoms with E-state index in [0.29, 0.717) is 0 Å². The highest BCUT2D eigenvalue weighted by Crippen LogP contribution is 2.06. The third-order valence-electron chi connectivity index (χ3n) is 1.48. The minimum Gasteiger partial charge on any atom is -0.311 e. The van der Waals surface area contributed by atoms with E-state index in [9.17, 15) is 0 Å². The van der Waals surface area contributed by atoms with Crippen LogP contribution in [-0.4, -0.2) is 6.54 Å². The van der Waals surface area contributed by atoms with Crippen molar-refractivity contribution in [3.63, 3.8) is 0 Å². The van der Waals surface area contributed by atoms with Crippen molar-refractivity contribution < 1.29 is 0 Å². The van der Waals surface area contributed by atoms with E-state index in [1.54, 1.807) is 11.3 Å². The lowest BCUT2D eigenvalue weighted by Gasteiger charge is -1.97. The van der Waals surface area contributed by atoms with E-state index in [0.717, 1.165) is 19.5 Å². The van der Waals surface area contributed by atoms with E-state index in [2.05, 4.69) is 34.7 Å². The van der Waals surface area contributed by atoms with Crippen LogP contribution in [-0.2, 0) is 6.54 Å². The molecule has 0 aromatic carbocycles. The molecule has 0 radical (unpaired) electrons. The Bertz CT molecular complexity index is 253. The van der Waals surface area contributed by atoms with Crippen molar-refractivity contribution >= 4 is 11.3 Å². The molecule has 0 unspecified atom stereocenters. The zero-order valence-corrected chi connectivity index (χ0v) is 8.08. The third-order valence-corrected chi connectivity index (χ3v) is 2.36. The molecule has 0 aliphatic carbocycles. The lowest BCUT2D eigenvalue weighted by molar-refractivity contribution is 0.708. The second-order valence-corrected chi connectivity index (χ2v) is 3.47. The zero-order chi connectivity index (χ0) is 8.65. The van der Waals surface area contributed by atoms with Crippen molar-refractivity contribution in [1.29, 1.82) is 0 Å². The monoisotopic (exact) mass is 179 g/mol. The average molecular weight is 179 g/mol. The lowest BCUT2D eigenvalue weighted by Crippen LogP contribution is -2.13. The van der Waals surface area contributed by atoms with E-state index in [-0.39, 0.29) is 0 Å². The van der Waals surface area contributed by atoms with Crippen molar-refractivity contribution in [2.45, 2.75) is 19.9 Å². The summed E-state index contributed by atoms with van der Waals surface area (Å²) in [6, 6.07) is 4.22. The molecule has 0 atom stereocenters. The first-order valence-corrected chi connectivity index (χ1v) is 4.94. The van der Waals surface area contributed by atoms with Crippen LogP contribution in [0.3, 0.4) is 0 Å². The van der Waals surface area contributed by atoms with Gasteiger partial charge in [0.05, 0.1) is 0 Å². The summed E-state index contributed by atoms with van der Waals surface area (Å²) < 4.78 is 0. The Morgan fingerprint density at radius 2 is 2.50 bits per heavy atom.